The molecule has 1 aliphatic rings. The number of ether oxygens (including phenoxy) is 2. The van der Waals surface area contributed by atoms with Gasteiger partial charge in [0.05, 0.1) is 24.9 Å². The van der Waals surface area contributed by atoms with E-state index in [1.807, 2.05) is 19.1 Å². The molecular formula is C15H22N2O3. The summed E-state index contributed by atoms with van der Waals surface area (Å²) < 4.78 is 10.7. The van der Waals surface area contributed by atoms with Gasteiger partial charge in [-0.25, -0.2) is 4.79 Å². The van der Waals surface area contributed by atoms with Gasteiger partial charge in [0.1, 0.15) is 0 Å². The number of carbonyl (C=O) groups excluding carboxylic acids is 1. The molecule has 2 unspecified atom stereocenters. The molecule has 1 aromatic carbocycles. The van der Waals surface area contributed by atoms with Crippen molar-refractivity contribution in [2.45, 2.75) is 32.9 Å². The highest BCUT2D eigenvalue weighted by Crippen LogP contribution is 2.26. The molecule has 2 rings (SSSR count). The van der Waals surface area contributed by atoms with Crippen LogP contribution in [0.2, 0.25) is 0 Å². The van der Waals surface area contributed by atoms with E-state index in [0.29, 0.717) is 24.5 Å². The fourth-order valence-electron chi connectivity index (χ4n) is 2.37. The molecule has 0 saturated carbocycles. The summed E-state index contributed by atoms with van der Waals surface area (Å²) in [5.74, 6) is -0.374. The molecule has 5 nitrogen and oxygen atoms in total. The number of rotatable bonds is 3. The van der Waals surface area contributed by atoms with Gasteiger partial charge in [0.15, 0.2) is 0 Å². The van der Waals surface area contributed by atoms with Gasteiger partial charge in [-0.3, -0.25) is 0 Å². The fraction of sp³-hybridized carbons (Fsp3) is 0.533. The first-order chi connectivity index (χ1) is 9.52. The highest BCUT2D eigenvalue weighted by molar-refractivity contribution is 5.96. The normalized spacial score (nSPS) is 22.6. The Hall–Kier alpha value is -1.75. The predicted octanol–water partition coefficient (Wildman–Crippen LogP) is 2.06. The van der Waals surface area contributed by atoms with Crippen molar-refractivity contribution in [2.24, 2.45) is 0 Å². The van der Waals surface area contributed by atoms with Crippen LogP contribution in [0.5, 0.6) is 0 Å². The number of nitrogen functional groups attached to an aromatic ring is 1. The maximum atomic E-state index is 11.9. The lowest BCUT2D eigenvalue weighted by Gasteiger charge is -2.38. The lowest BCUT2D eigenvalue weighted by Crippen LogP contribution is -2.47. The Morgan fingerprint density at radius 2 is 2.25 bits per heavy atom. The van der Waals surface area contributed by atoms with Crippen molar-refractivity contribution in [1.29, 1.82) is 0 Å². The van der Waals surface area contributed by atoms with E-state index in [0.717, 1.165) is 12.2 Å². The van der Waals surface area contributed by atoms with Gasteiger partial charge in [-0.1, -0.05) is 0 Å². The second-order valence-corrected chi connectivity index (χ2v) is 5.14. The van der Waals surface area contributed by atoms with Gasteiger partial charge in [0, 0.05) is 24.0 Å². The Bertz CT molecular complexity index is 490. The van der Waals surface area contributed by atoms with Crippen LogP contribution in [0.3, 0.4) is 0 Å². The van der Waals surface area contributed by atoms with Gasteiger partial charge in [0.25, 0.3) is 0 Å². The molecule has 2 N–H and O–H groups in total. The first-order valence-corrected chi connectivity index (χ1v) is 6.97. The average molecular weight is 278 g/mol. The van der Waals surface area contributed by atoms with Crippen molar-refractivity contribution in [3.8, 4) is 0 Å². The van der Waals surface area contributed by atoms with Crippen LogP contribution in [0.15, 0.2) is 18.2 Å². The number of hydrogen-bond donors (Lipinski definition) is 1. The van der Waals surface area contributed by atoms with Gasteiger partial charge < -0.3 is 20.1 Å². The maximum Gasteiger partial charge on any atom is 0.340 e. The molecule has 1 fully saturated rings. The smallest absolute Gasteiger partial charge is 0.340 e. The molecule has 0 radical (unpaired) electrons. The number of benzene rings is 1. The number of morpholine rings is 1. The van der Waals surface area contributed by atoms with Gasteiger partial charge in [-0.05, 0) is 39.0 Å². The Morgan fingerprint density at radius 3 is 2.95 bits per heavy atom. The van der Waals surface area contributed by atoms with Crippen molar-refractivity contribution in [3.63, 3.8) is 0 Å². The summed E-state index contributed by atoms with van der Waals surface area (Å²) in [5.41, 5.74) is 7.72. The van der Waals surface area contributed by atoms with Crippen LogP contribution in [0.1, 0.15) is 31.1 Å². The summed E-state index contributed by atoms with van der Waals surface area (Å²) >= 11 is 0. The van der Waals surface area contributed by atoms with Gasteiger partial charge in [-0.2, -0.15) is 0 Å². The second-order valence-electron chi connectivity index (χ2n) is 5.14. The molecule has 110 valence electrons. The zero-order valence-corrected chi connectivity index (χ0v) is 12.3. The third-order valence-corrected chi connectivity index (χ3v) is 3.47. The molecule has 2 atom stereocenters. The number of nitrogens with two attached hydrogens (primary N) is 1. The van der Waals surface area contributed by atoms with Crippen LogP contribution in [0.25, 0.3) is 0 Å². The topological polar surface area (TPSA) is 64.8 Å². The van der Waals surface area contributed by atoms with E-state index in [4.69, 9.17) is 15.2 Å². The van der Waals surface area contributed by atoms with E-state index in [-0.39, 0.29) is 18.1 Å². The van der Waals surface area contributed by atoms with E-state index in [9.17, 15) is 4.79 Å². The molecule has 1 aromatic rings. The number of carbonyl (C=O) groups is 1. The van der Waals surface area contributed by atoms with E-state index in [1.165, 1.54) is 0 Å². The summed E-state index contributed by atoms with van der Waals surface area (Å²) in [4.78, 5) is 14.1. The van der Waals surface area contributed by atoms with Crippen molar-refractivity contribution < 1.29 is 14.3 Å². The molecule has 0 aliphatic carbocycles. The largest absolute Gasteiger partial charge is 0.462 e. The highest BCUT2D eigenvalue weighted by Gasteiger charge is 2.24. The summed E-state index contributed by atoms with van der Waals surface area (Å²) in [6.45, 7) is 7.75. The van der Waals surface area contributed by atoms with Crippen molar-refractivity contribution >= 4 is 17.3 Å². The quantitative estimate of drug-likeness (QED) is 0.677. The molecule has 0 amide bonds. The number of nitrogens with zero attached hydrogens (tertiary/aromatic N) is 1. The van der Waals surface area contributed by atoms with Crippen LogP contribution in [-0.4, -0.2) is 37.9 Å². The van der Waals surface area contributed by atoms with Gasteiger partial charge >= 0.3 is 5.97 Å². The zero-order chi connectivity index (χ0) is 14.7. The van der Waals surface area contributed by atoms with Crippen molar-refractivity contribution in [1.82, 2.24) is 0 Å². The van der Waals surface area contributed by atoms with Gasteiger partial charge in [-0.15, -0.1) is 0 Å². The van der Waals surface area contributed by atoms with Crippen molar-refractivity contribution in [2.75, 3.05) is 30.4 Å². The number of anilines is 2. The molecule has 0 spiro atoms. The molecule has 0 bridgehead atoms. The molecule has 5 heteroatoms. The Balaban J connectivity index is 2.28. The Kier molecular flexibility index (Phi) is 4.49. The van der Waals surface area contributed by atoms with Crippen LogP contribution in [0.4, 0.5) is 11.4 Å². The first kappa shape index (κ1) is 14.7. The molecule has 20 heavy (non-hydrogen) atoms. The SMILES string of the molecule is CCOC(=O)c1cc(N2CC(C)OCC2C)ccc1N. The minimum Gasteiger partial charge on any atom is -0.462 e. The van der Waals surface area contributed by atoms with Crippen LogP contribution < -0.4 is 10.6 Å². The summed E-state index contributed by atoms with van der Waals surface area (Å²) in [5, 5.41) is 0. The maximum absolute atomic E-state index is 11.9. The van der Waals surface area contributed by atoms with Crippen LogP contribution >= 0.6 is 0 Å². The lowest BCUT2D eigenvalue weighted by atomic mass is 10.1. The Morgan fingerprint density at radius 1 is 1.50 bits per heavy atom. The van der Waals surface area contributed by atoms with E-state index >= 15 is 0 Å². The zero-order valence-electron chi connectivity index (χ0n) is 12.3. The Labute approximate surface area is 119 Å². The second kappa shape index (κ2) is 6.13. The number of esters is 1. The van der Waals surface area contributed by atoms with E-state index in [1.54, 1.807) is 13.0 Å². The predicted molar refractivity (Wildman–Crippen MR) is 79.0 cm³/mol. The van der Waals surface area contributed by atoms with E-state index < -0.39 is 0 Å². The first-order valence-electron chi connectivity index (χ1n) is 6.97. The van der Waals surface area contributed by atoms with Gasteiger partial charge in [0.2, 0.25) is 0 Å². The van der Waals surface area contributed by atoms with Crippen LogP contribution in [0, 0.1) is 0 Å². The molecule has 1 saturated heterocycles. The van der Waals surface area contributed by atoms with Crippen LogP contribution in [-0.2, 0) is 9.47 Å². The number of hydrogen-bond acceptors (Lipinski definition) is 5. The van der Waals surface area contributed by atoms with Crippen molar-refractivity contribution in [3.05, 3.63) is 23.8 Å². The third kappa shape index (κ3) is 3.04. The lowest BCUT2D eigenvalue weighted by molar-refractivity contribution is 0.0344. The average Bonchev–Trinajstić information content (AvgIpc) is 2.42. The minimum atomic E-state index is -0.374. The minimum absolute atomic E-state index is 0.176. The summed E-state index contributed by atoms with van der Waals surface area (Å²) in [6, 6.07) is 5.77. The third-order valence-electron chi connectivity index (χ3n) is 3.47. The molecule has 1 aliphatic heterocycles. The standard InChI is InChI=1S/C15H22N2O3/c1-4-19-15(18)13-7-12(5-6-14(13)16)17-8-11(3)20-9-10(17)2/h5-7,10-11H,4,8-9,16H2,1-3H3. The van der Waals surface area contributed by atoms with E-state index in [2.05, 4.69) is 11.8 Å². The summed E-state index contributed by atoms with van der Waals surface area (Å²) in [7, 11) is 0. The highest BCUT2D eigenvalue weighted by atomic mass is 16.5. The molecular weight excluding hydrogens is 256 g/mol. The fourth-order valence-corrected chi connectivity index (χ4v) is 2.37. The molecule has 0 aromatic heterocycles. The monoisotopic (exact) mass is 278 g/mol. The summed E-state index contributed by atoms with van der Waals surface area (Å²) in [6.07, 6.45) is 0.176. The molecule has 1 heterocycles.